The number of likely N-dealkylation sites (tertiary alicyclic amines) is 1. The molecule has 1 amide bonds. The molecule has 7 nitrogen and oxygen atoms in total. The summed E-state index contributed by atoms with van der Waals surface area (Å²) >= 11 is 0. The Morgan fingerprint density at radius 3 is 2.88 bits per heavy atom. The van der Waals surface area contributed by atoms with Gasteiger partial charge in [-0.15, -0.1) is 0 Å². The van der Waals surface area contributed by atoms with Gasteiger partial charge in [-0.1, -0.05) is 6.07 Å². The Bertz CT molecular complexity index is 856. The molecular formula is C18H23N5O2. The first-order valence-corrected chi connectivity index (χ1v) is 8.86. The lowest BCUT2D eigenvalue weighted by molar-refractivity contribution is 0.0771. The molecule has 2 saturated heterocycles. The van der Waals surface area contributed by atoms with Crippen molar-refractivity contribution in [2.24, 2.45) is 0 Å². The molecule has 0 aromatic carbocycles. The smallest absolute Gasteiger partial charge is 0.270 e. The second-order valence-electron chi connectivity index (χ2n) is 6.84. The minimum atomic E-state index is -0.288. The topological polar surface area (TPSA) is 70.0 Å². The number of nitrogens with zero attached hydrogens (tertiary/aromatic N) is 4. The third kappa shape index (κ3) is 2.94. The molecule has 7 heteroatoms. The van der Waals surface area contributed by atoms with E-state index in [9.17, 15) is 9.59 Å². The summed E-state index contributed by atoms with van der Waals surface area (Å²) in [5.41, 5.74) is 1.39. The number of nitrogens with one attached hydrogen (secondary N) is 1. The van der Waals surface area contributed by atoms with E-state index in [-0.39, 0.29) is 17.0 Å². The highest BCUT2D eigenvalue weighted by Crippen LogP contribution is 2.18. The molecule has 0 saturated carbocycles. The highest BCUT2D eigenvalue weighted by atomic mass is 16.2. The van der Waals surface area contributed by atoms with Crippen LogP contribution in [0.2, 0.25) is 0 Å². The largest absolute Gasteiger partial charge is 0.337 e. The lowest BCUT2D eigenvalue weighted by Crippen LogP contribution is -2.49. The zero-order chi connectivity index (χ0) is 17.4. The Hall–Kier alpha value is -2.25. The van der Waals surface area contributed by atoms with Crippen molar-refractivity contribution in [3.05, 3.63) is 46.0 Å². The molecule has 2 aromatic heterocycles. The van der Waals surface area contributed by atoms with Gasteiger partial charge < -0.3 is 10.2 Å². The summed E-state index contributed by atoms with van der Waals surface area (Å²) in [5, 5.41) is 3.35. The zero-order valence-electron chi connectivity index (χ0n) is 14.4. The Kier molecular flexibility index (Phi) is 4.27. The Morgan fingerprint density at radius 2 is 2.08 bits per heavy atom. The van der Waals surface area contributed by atoms with Crippen molar-refractivity contribution in [2.75, 3.05) is 39.3 Å². The van der Waals surface area contributed by atoms with E-state index in [1.54, 1.807) is 17.2 Å². The molecule has 25 heavy (non-hydrogen) atoms. The molecule has 1 N–H and O–H groups in total. The first-order chi connectivity index (χ1) is 12.1. The van der Waals surface area contributed by atoms with Crippen LogP contribution in [0.5, 0.6) is 0 Å². The van der Waals surface area contributed by atoms with Crippen LogP contribution in [0.3, 0.4) is 0 Å². The SMILES string of the molecule is Cc1cccn2c(=O)c(C(=O)N3CCC(N4CCNCC4)C3)cnc12. The number of rotatable bonds is 2. The minimum absolute atomic E-state index is 0.157. The average molecular weight is 341 g/mol. The van der Waals surface area contributed by atoms with Gasteiger partial charge in [0, 0.05) is 57.7 Å². The van der Waals surface area contributed by atoms with Crippen LogP contribution in [0.1, 0.15) is 22.3 Å². The highest BCUT2D eigenvalue weighted by Gasteiger charge is 2.32. The van der Waals surface area contributed by atoms with Crippen LogP contribution in [-0.4, -0.2) is 70.4 Å². The van der Waals surface area contributed by atoms with E-state index in [0.29, 0.717) is 24.8 Å². The molecule has 2 fully saturated rings. The average Bonchev–Trinajstić information content (AvgIpc) is 3.13. The minimum Gasteiger partial charge on any atom is -0.337 e. The number of aryl methyl sites for hydroxylation is 1. The standard InChI is InChI=1S/C18H23N5O2/c1-13-3-2-7-23-16(13)20-11-15(18(23)25)17(24)22-8-4-14(12-22)21-9-5-19-6-10-21/h2-3,7,11,14,19H,4-6,8-10,12H2,1H3. The first kappa shape index (κ1) is 16.2. The summed E-state index contributed by atoms with van der Waals surface area (Å²) in [6, 6.07) is 4.10. The van der Waals surface area contributed by atoms with Crippen molar-refractivity contribution in [3.63, 3.8) is 0 Å². The molecule has 2 aliphatic rings. The van der Waals surface area contributed by atoms with Crippen LogP contribution in [0, 0.1) is 6.92 Å². The molecule has 0 bridgehead atoms. The van der Waals surface area contributed by atoms with Gasteiger partial charge in [0.25, 0.3) is 11.5 Å². The van der Waals surface area contributed by atoms with Crippen molar-refractivity contribution in [1.82, 2.24) is 24.5 Å². The molecule has 4 heterocycles. The van der Waals surface area contributed by atoms with Crippen LogP contribution < -0.4 is 10.9 Å². The maximum atomic E-state index is 12.9. The van der Waals surface area contributed by atoms with Gasteiger partial charge in [-0.2, -0.15) is 0 Å². The summed E-state index contributed by atoms with van der Waals surface area (Å²) in [4.78, 5) is 34.2. The second-order valence-corrected chi connectivity index (χ2v) is 6.84. The number of fused-ring (bicyclic) bond motifs is 1. The van der Waals surface area contributed by atoms with E-state index in [4.69, 9.17) is 0 Å². The van der Waals surface area contributed by atoms with Crippen LogP contribution >= 0.6 is 0 Å². The van der Waals surface area contributed by atoms with Gasteiger partial charge in [0.05, 0.1) is 0 Å². The third-order valence-electron chi connectivity index (χ3n) is 5.28. The lowest BCUT2D eigenvalue weighted by atomic mass is 10.2. The van der Waals surface area contributed by atoms with Crippen molar-refractivity contribution in [3.8, 4) is 0 Å². The van der Waals surface area contributed by atoms with Gasteiger partial charge in [-0.05, 0) is 25.0 Å². The molecular weight excluding hydrogens is 318 g/mol. The molecule has 2 aromatic rings. The van der Waals surface area contributed by atoms with Gasteiger partial charge in [-0.3, -0.25) is 18.9 Å². The molecule has 4 rings (SSSR count). The highest BCUT2D eigenvalue weighted by molar-refractivity contribution is 5.94. The monoisotopic (exact) mass is 341 g/mol. The summed E-state index contributed by atoms with van der Waals surface area (Å²) in [6.45, 7) is 7.33. The van der Waals surface area contributed by atoms with Gasteiger partial charge in [0.15, 0.2) is 0 Å². The lowest BCUT2D eigenvalue weighted by Gasteiger charge is -2.32. The number of aromatic nitrogens is 2. The summed E-state index contributed by atoms with van der Waals surface area (Å²) in [5.74, 6) is -0.203. The number of carbonyl (C=O) groups is 1. The predicted octanol–water partition coefficient (Wildman–Crippen LogP) is 0.123. The van der Waals surface area contributed by atoms with Crippen LogP contribution in [-0.2, 0) is 0 Å². The maximum Gasteiger partial charge on any atom is 0.270 e. The number of hydrogen-bond donors (Lipinski definition) is 1. The molecule has 0 aliphatic carbocycles. The van der Waals surface area contributed by atoms with Crippen molar-refractivity contribution in [2.45, 2.75) is 19.4 Å². The van der Waals surface area contributed by atoms with Crippen molar-refractivity contribution >= 4 is 11.6 Å². The predicted molar refractivity (Wildman–Crippen MR) is 95.0 cm³/mol. The fourth-order valence-electron chi connectivity index (χ4n) is 3.84. The first-order valence-electron chi connectivity index (χ1n) is 8.86. The molecule has 1 atom stereocenters. The molecule has 2 aliphatic heterocycles. The number of amides is 1. The van der Waals surface area contributed by atoms with Crippen molar-refractivity contribution < 1.29 is 4.79 Å². The summed E-state index contributed by atoms with van der Waals surface area (Å²) in [7, 11) is 0. The van der Waals surface area contributed by atoms with Gasteiger partial charge in [0.1, 0.15) is 11.2 Å². The van der Waals surface area contributed by atoms with E-state index in [0.717, 1.165) is 38.2 Å². The molecule has 0 spiro atoms. The van der Waals surface area contributed by atoms with E-state index < -0.39 is 0 Å². The Morgan fingerprint density at radius 1 is 1.28 bits per heavy atom. The van der Waals surface area contributed by atoms with Gasteiger partial charge in [-0.25, -0.2) is 4.98 Å². The molecule has 0 radical (unpaired) electrons. The van der Waals surface area contributed by atoms with Crippen LogP contribution in [0.4, 0.5) is 0 Å². The second kappa shape index (κ2) is 6.57. The maximum absolute atomic E-state index is 12.9. The molecule has 132 valence electrons. The number of hydrogen-bond acceptors (Lipinski definition) is 5. The number of pyridine rings is 1. The van der Waals surface area contributed by atoms with E-state index >= 15 is 0 Å². The normalized spacial score (nSPS) is 21.8. The van der Waals surface area contributed by atoms with Gasteiger partial charge in [0.2, 0.25) is 0 Å². The van der Waals surface area contributed by atoms with Gasteiger partial charge >= 0.3 is 0 Å². The van der Waals surface area contributed by atoms with E-state index in [1.165, 1.54) is 10.6 Å². The third-order valence-corrected chi connectivity index (χ3v) is 5.28. The quantitative estimate of drug-likeness (QED) is 0.840. The Balaban J connectivity index is 1.56. The zero-order valence-corrected chi connectivity index (χ0v) is 14.4. The fraction of sp³-hybridized carbons (Fsp3) is 0.500. The number of piperazine rings is 1. The van der Waals surface area contributed by atoms with Crippen LogP contribution in [0.15, 0.2) is 29.3 Å². The fourth-order valence-corrected chi connectivity index (χ4v) is 3.84. The van der Waals surface area contributed by atoms with Crippen molar-refractivity contribution in [1.29, 1.82) is 0 Å². The Labute approximate surface area is 146 Å². The summed E-state index contributed by atoms with van der Waals surface area (Å²) < 4.78 is 1.46. The number of carbonyl (C=O) groups excluding carboxylic acids is 1. The summed E-state index contributed by atoms with van der Waals surface area (Å²) in [6.07, 6.45) is 4.07. The van der Waals surface area contributed by atoms with E-state index in [1.807, 2.05) is 13.0 Å². The van der Waals surface area contributed by atoms with E-state index in [2.05, 4.69) is 15.2 Å². The van der Waals surface area contributed by atoms with Crippen LogP contribution in [0.25, 0.3) is 5.65 Å². The molecule has 1 unspecified atom stereocenters.